The zero-order chi connectivity index (χ0) is 18.5. The average molecular weight is 391 g/mol. The largest absolute Gasteiger partial charge is 0.341 e. The predicted octanol–water partition coefficient (Wildman–Crippen LogP) is 3.24. The van der Waals surface area contributed by atoms with Gasteiger partial charge in [-0.25, -0.2) is 4.39 Å². The summed E-state index contributed by atoms with van der Waals surface area (Å²) in [6, 6.07) is 14.6. The minimum atomic E-state index is -0.614. The van der Waals surface area contributed by atoms with E-state index in [1.807, 2.05) is 30.3 Å². The summed E-state index contributed by atoms with van der Waals surface area (Å²) < 4.78 is 13.0. The average Bonchev–Trinajstić information content (AvgIpc) is 2.68. The molecule has 1 heterocycles. The Morgan fingerprint density at radius 2 is 1.78 bits per heavy atom. The van der Waals surface area contributed by atoms with Gasteiger partial charge in [0.05, 0.1) is 6.04 Å². The van der Waals surface area contributed by atoms with Crippen molar-refractivity contribution < 1.29 is 14.0 Å². The summed E-state index contributed by atoms with van der Waals surface area (Å²) in [5.74, 6) is -0.791. The number of halogens is 2. The molecule has 1 saturated heterocycles. The Kier molecular flexibility index (Phi) is 7.51. The molecule has 0 aliphatic carbocycles. The van der Waals surface area contributed by atoms with Gasteiger partial charge >= 0.3 is 0 Å². The molecule has 6 heteroatoms. The zero-order valence-electron chi connectivity index (χ0n) is 15.0. The third kappa shape index (κ3) is 5.37. The number of carbonyl (C=O) groups excluding carboxylic acids is 2. The molecule has 4 nitrogen and oxygen atoms in total. The Morgan fingerprint density at radius 3 is 2.44 bits per heavy atom. The van der Waals surface area contributed by atoms with Crippen molar-refractivity contribution in [3.8, 4) is 0 Å². The Hall–Kier alpha value is -2.24. The quantitative estimate of drug-likeness (QED) is 0.797. The van der Waals surface area contributed by atoms with Crippen LogP contribution in [0.4, 0.5) is 4.39 Å². The number of ketones is 1. The molecule has 2 aromatic rings. The molecule has 0 spiro atoms. The summed E-state index contributed by atoms with van der Waals surface area (Å²) in [7, 11) is 0. The fourth-order valence-electron chi connectivity index (χ4n) is 3.43. The molecule has 1 aliphatic rings. The fourth-order valence-corrected chi connectivity index (χ4v) is 3.43. The highest BCUT2D eigenvalue weighted by Crippen LogP contribution is 2.22. The second-order valence-corrected chi connectivity index (χ2v) is 6.79. The lowest BCUT2D eigenvalue weighted by Gasteiger charge is -2.33. The van der Waals surface area contributed by atoms with Crippen LogP contribution in [0.5, 0.6) is 0 Å². The van der Waals surface area contributed by atoms with Crippen molar-refractivity contribution in [1.29, 1.82) is 0 Å². The first-order valence-corrected chi connectivity index (χ1v) is 8.92. The number of nitrogens with zero attached hydrogens (tertiary/aromatic N) is 1. The van der Waals surface area contributed by atoms with E-state index in [1.165, 1.54) is 24.3 Å². The molecular formula is C21H24ClFN2O2. The van der Waals surface area contributed by atoms with Crippen LogP contribution in [0.2, 0.25) is 0 Å². The van der Waals surface area contributed by atoms with Gasteiger partial charge in [0.25, 0.3) is 0 Å². The van der Waals surface area contributed by atoms with Crippen LogP contribution < -0.4 is 5.73 Å². The molecule has 1 fully saturated rings. The van der Waals surface area contributed by atoms with Gasteiger partial charge in [0, 0.05) is 24.6 Å². The van der Waals surface area contributed by atoms with E-state index in [4.69, 9.17) is 5.73 Å². The van der Waals surface area contributed by atoms with Gasteiger partial charge in [0.1, 0.15) is 5.82 Å². The maximum Gasteiger partial charge on any atom is 0.239 e. The molecule has 2 aromatic carbocycles. The van der Waals surface area contributed by atoms with Gasteiger partial charge in [-0.1, -0.05) is 30.3 Å². The summed E-state index contributed by atoms with van der Waals surface area (Å²) in [5, 5.41) is 0. The maximum atomic E-state index is 13.0. The van der Waals surface area contributed by atoms with E-state index in [0.29, 0.717) is 25.1 Å². The maximum absolute atomic E-state index is 13.0. The number of nitrogens with two attached hydrogens (primary N) is 1. The number of Topliss-reactive ketones (excluding diaryl/α,β-unsaturated/α-hetero) is 1. The smallest absolute Gasteiger partial charge is 0.239 e. The molecule has 1 unspecified atom stereocenters. The SMILES string of the molecule is Cl.N[C@@H](Cc1ccccc1)C(=O)N1CCCC(C(=O)c2ccc(F)cc2)C1. The summed E-state index contributed by atoms with van der Waals surface area (Å²) in [6.07, 6.45) is 1.97. The van der Waals surface area contributed by atoms with Gasteiger partial charge in [0.15, 0.2) is 5.78 Å². The second-order valence-electron chi connectivity index (χ2n) is 6.79. The Balaban J connectivity index is 0.00000261. The van der Waals surface area contributed by atoms with E-state index in [2.05, 4.69) is 0 Å². The zero-order valence-corrected chi connectivity index (χ0v) is 15.8. The van der Waals surface area contributed by atoms with Crippen molar-refractivity contribution in [2.24, 2.45) is 11.7 Å². The summed E-state index contributed by atoms with van der Waals surface area (Å²) in [5.41, 5.74) is 7.61. The molecule has 2 atom stereocenters. The first-order chi connectivity index (χ1) is 12.5. The van der Waals surface area contributed by atoms with Crippen molar-refractivity contribution in [1.82, 2.24) is 4.90 Å². The lowest BCUT2D eigenvalue weighted by molar-refractivity contribution is -0.134. The van der Waals surface area contributed by atoms with Gasteiger partial charge in [-0.05, 0) is 49.1 Å². The fraction of sp³-hybridized carbons (Fsp3) is 0.333. The molecule has 1 amide bonds. The molecule has 27 heavy (non-hydrogen) atoms. The number of hydrogen-bond donors (Lipinski definition) is 1. The Labute approximate surface area is 165 Å². The Morgan fingerprint density at radius 1 is 1.11 bits per heavy atom. The van der Waals surface area contributed by atoms with Crippen LogP contribution in [-0.4, -0.2) is 35.7 Å². The standard InChI is InChI=1S/C21H23FN2O2.ClH/c22-18-10-8-16(9-11-18)20(25)17-7-4-12-24(14-17)21(26)19(23)13-15-5-2-1-3-6-15;/h1-3,5-6,8-11,17,19H,4,7,12-14,23H2;1H/t17?,19-;/m0./s1. The summed E-state index contributed by atoms with van der Waals surface area (Å²) in [4.78, 5) is 27.0. The van der Waals surface area contributed by atoms with Crippen molar-refractivity contribution in [3.05, 3.63) is 71.5 Å². The molecule has 0 bridgehead atoms. The van der Waals surface area contributed by atoms with E-state index in [0.717, 1.165) is 18.4 Å². The molecule has 3 rings (SSSR count). The number of rotatable bonds is 5. The van der Waals surface area contributed by atoms with Crippen LogP contribution in [0, 0.1) is 11.7 Å². The van der Waals surface area contributed by atoms with E-state index < -0.39 is 6.04 Å². The van der Waals surface area contributed by atoms with Crippen LogP contribution in [0.3, 0.4) is 0 Å². The van der Waals surface area contributed by atoms with Crippen LogP contribution in [0.25, 0.3) is 0 Å². The predicted molar refractivity (Wildman–Crippen MR) is 105 cm³/mol. The van der Waals surface area contributed by atoms with Crippen LogP contribution in [-0.2, 0) is 11.2 Å². The number of carbonyl (C=O) groups is 2. The minimum Gasteiger partial charge on any atom is -0.341 e. The van der Waals surface area contributed by atoms with Gasteiger partial charge in [0.2, 0.25) is 5.91 Å². The lowest BCUT2D eigenvalue weighted by Crippen LogP contribution is -2.49. The molecule has 0 saturated carbocycles. The number of hydrogen-bond acceptors (Lipinski definition) is 3. The molecule has 2 N–H and O–H groups in total. The van der Waals surface area contributed by atoms with E-state index in [9.17, 15) is 14.0 Å². The van der Waals surface area contributed by atoms with Crippen molar-refractivity contribution in [2.45, 2.75) is 25.3 Å². The minimum absolute atomic E-state index is 0. The van der Waals surface area contributed by atoms with Crippen LogP contribution in [0.15, 0.2) is 54.6 Å². The van der Waals surface area contributed by atoms with Crippen molar-refractivity contribution in [2.75, 3.05) is 13.1 Å². The summed E-state index contributed by atoms with van der Waals surface area (Å²) in [6.45, 7) is 0.992. The van der Waals surface area contributed by atoms with E-state index in [1.54, 1.807) is 4.90 Å². The molecule has 0 aromatic heterocycles. The monoisotopic (exact) mass is 390 g/mol. The number of amides is 1. The molecular weight excluding hydrogens is 367 g/mol. The second kappa shape index (κ2) is 9.62. The normalized spacial score (nSPS) is 17.7. The van der Waals surface area contributed by atoms with Gasteiger partial charge in [-0.3, -0.25) is 9.59 Å². The highest BCUT2D eigenvalue weighted by Gasteiger charge is 2.31. The van der Waals surface area contributed by atoms with E-state index in [-0.39, 0.29) is 35.8 Å². The molecule has 144 valence electrons. The van der Waals surface area contributed by atoms with Gasteiger partial charge in [-0.2, -0.15) is 0 Å². The topological polar surface area (TPSA) is 63.4 Å². The molecule has 0 radical (unpaired) electrons. The molecule has 1 aliphatic heterocycles. The van der Waals surface area contributed by atoms with Gasteiger partial charge in [-0.15, -0.1) is 12.4 Å². The third-order valence-electron chi connectivity index (χ3n) is 4.85. The first kappa shape index (κ1) is 21.1. The number of benzene rings is 2. The Bertz CT molecular complexity index is 768. The third-order valence-corrected chi connectivity index (χ3v) is 4.85. The highest BCUT2D eigenvalue weighted by atomic mass is 35.5. The van der Waals surface area contributed by atoms with E-state index >= 15 is 0 Å². The van der Waals surface area contributed by atoms with Gasteiger partial charge < -0.3 is 10.6 Å². The summed E-state index contributed by atoms with van der Waals surface area (Å²) >= 11 is 0. The number of likely N-dealkylation sites (tertiary alicyclic amines) is 1. The van der Waals surface area contributed by atoms with Crippen LogP contribution >= 0.6 is 12.4 Å². The van der Waals surface area contributed by atoms with Crippen molar-refractivity contribution >= 4 is 24.1 Å². The first-order valence-electron chi connectivity index (χ1n) is 8.92. The number of piperidine rings is 1. The highest BCUT2D eigenvalue weighted by molar-refractivity contribution is 5.98. The van der Waals surface area contributed by atoms with Crippen molar-refractivity contribution in [3.63, 3.8) is 0 Å². The lowest BCUT2D eigenvalue weighted by atomic mass is 9.89. The van der Waals surface area contributed by atoms with Crippen LogP contribution in [0.1, 0.15) is 28.8 Å².